The Morgan fingerprint density at radius 3 is 1.38 bits per heavy atom. The number of hydrogen-bond donors (Lipinski definition) is 0. The van der Waals surface area contributed by atoms with Crippen LogP contribution in [0.2, 0.25) is 0 Å². The van der Waals surface area contributed by atoms with Crippen molar-refractivity contribution in [1.82, 2.24) is 9.80 Å². The molecule has 0 radical (unpaired) electrons. The van der Waals surface area contributed by atoms with E-state index in [0.29, 0.717) is 22.9 Å². The van der Waals surface area contributed by atoms with Crippen LogP contribution in [-0.4, -0.2) is 40.7 Å². The Balaban J connectivity index is 1.73. The highest BCUT2D eigenvalue weighted by molar-refractivity contribution is 6.17. The lowest BCUT2D eigenvalue weighted by Gasteiger charge is -2.16. The van der Waals surface area contributed by atoms with Crippen molar-refractivity contribution in [2.24, 2.45) is 0 Å². The molecule has 0 saturated carbocycles. The van der Waals surface area contributed by atoms with Gasteiger partial charge in [0, 0.05) is 36.0 Å². The van der Waals surface area contributed by atoms with Crippen LogP contribution in [0.4, 0.5) is 4.79 Å². The minimum Gasteiger partial charge on any atom is -0.269 e. The fourth-order valence-electron chi connectivity index (χ4n) is 2.70. The molecule has 0 N–H and O–H groups in total. The van der Waals surface area contributed by atoms with E-state index in [-0.39, 0.29) is 13.1 Å². The minimum atomic E-state index is -0.608. The van der Waals surface area contributed by atoms with Crippen LogP contribution in [0.1, 0.15) is 31.8 Å². The monoisotopic (exact) mass is 390 g/mol. The first-order valence-corrected chi connectivity index (χ1v) is 9.09. The van der Waals surface area contributed by atoms with Crippen molar-refractivity contribution in [1.29, 1.82) is 0 Å². The fraction of sp³-hybridized carbons (Fsp3) is 0.211. The molecular formula is C19H16Cl2N2O3. The summed E-state index contributed by atoms with van der Waals surface area (Å²) < 4.78 is 0. The topological polar surface area (TPSA) is 57.7 Å². The van der Waals surface area contributed by atoms with E-state index in [1.807, 2.05) is 0 Å². The van der Waals surface area contributed by atoms with Crippen LogP contribution in [0.3, 0.4) is 0 Å². The molecule has 0 spiro atoms. The number of alkyl halides is 2. The summed E-state index contributed by atoms with van der Waals surface area (Å²) in [6.45, 7) is 0.334. The Morgan fingerprint density at radius 1 is 0.731 bits per heavy atom. The molecule has 0 bridgehead atoms. The fourth-order valence-corrected chi connectivity index (χ4v) is 3.05. The van der Waals surface area contributed by atoms with Crippen LogP contribution in [0.25, 0.3) is 0 Å². The third-order valence-electron chi connectivity index (χ3n) is 4.21. The van der Waals surface area contributed by atoms with Crippen molar-refractivity contribution in [2.75, 3.05) is 13.1 Å². The molecule has 7 heteroatoms. The Bertz CT molecular complexity index is 765. The summed E-state index contributed by atoms with van der Waals surface area (Å²) >= 11 is 11.5. The first kappa shape index (κ1) is 18.4. The van der Waals surface area contributed by atoms with Crippen molar-refractivity contribution in [3.8, 4) is 0 Å². The van der Waals surface area contributed by atoms with E-state index in [2.05, 4.69) is 0 Å². The number of carbonyl (C=O) groups is 3. The van der Waals surface area contributed by atoms with Crippen molar-refractivity contribution in [2.45, 2.75) is 11.8 Å². The lowest BCUT2D eigenvalue weighted by Crippen LogP contribution is -2.39. The molecule has 4 amide bonds. The second kappa shape index (κ2) is 7.89. The number of urea groups is 1. The van der Waals surface area contributed by atoms with Gasteiger partial charge in [0.1, 0.15) is 0 Å². The number of amides is 4. The van der Waals surface area contributed by atoms with Crippen molar-refractivity contribution < 1.29 is 14.4 Å². The standard InChI is InChI=1S/C19H16Cl2N2O3/c20-11-13-1-5-15(6-2-13)17(24)22-9-10-23(19(22)26)18(25)16-7-3-14(12-21)4-8-16/h1-8H,9-12H2. The molecule has 0 aromatic heterocycles. The second-order valence-electron chi connectivity index (χ2n) is 5.86. The molecule has 1 saturated heterocycles. The second-order valence-corrected chi connectivity index (χ2v) is 6.39. The van der Waals surface area contributed by atoms with Gasteiger partial charge < -0.3 is 0 Å². The van der Waals surface area contributed by atoms with E-state index in [4.69, 9.17) is 23.2 Å². The summed E-state index contributed by atoms with van der Waals surface area (Å²) in [5.41, 5.74) is 2.53. The Hall–Kier alpha value is -2.37. The van der Waals surface area contributed by atoms with Crippen LogP contribution >= 0.6 is 23.2 Å². The van der Waals surface area contributed by atoms with Crippen LogP contribution in [0.15, 0.2) is 48.5 Å². The van der Waals surface area contributed by atoms with Gasteiger partial charge in [0.2, 0.25) is 0 Å². The van der Waals surface area contributed by atoms with Gasteiger partial charge in [0.15, 0.2) is 0 Å². The number of nitrogens with zero attached hydrogens (tertiary/aromatic N) is 2. The van der Waals surface area contributed by atoms with Gasteiger partial charge >= 0.3 is 6.03 Å². The third kappa shape index (κ3) is 3.59. The van der Waals surface area contributed by atoms with Gasteiger partial charge in [0.25, 0.3) is 11.8 Å². The summed E-state index contributed by atoms with van der Waals surface area (Å²) in [6, 6.07) is 12.9. The molecule has 3 rings (SSSR count). The largest absolute Gasteiger partial charge is 0.334 e. The highest BCUT2D eigenvalue weighted by Crippen LogP contribution is 2.18. The molecule has 134 valence electrons. The maximum absolute atomic E-state index is 12.6. The van der Waals surface area contributed by atoms with Gasteiger partial charge in [-0.1, -0.05) is 24.3 Å². The Labute approximate surface area is 161 Å². The first-order chi connectivity index (χ1) is 12.5. The molecule has 0 unspecified atom stereocenters. The number of halogens is 2. The van der Waals surface area contributed by atoms with Crippen molar-refractivity contribution in [3.05, 3.63) is 70.8 Å². The predicted molar refractivity (Wildman–Crippen MR) is 99.5 cm³/mol. The Kier molecular flexibility index (Phi) is 5.59. The quantitative estimate of drug-likeness (QED) is 0.744. The number of rotatable bonds is 4. The maximum Gasteiger partial charge on any atom is 0.334 e. The number of benzene rings is 2. The van der Waals surface area contributed by atoms with E-state index < -0.39 is 17.8 Å². The van der Waals surface area contributed by atoms with Crippen LogP contribution in [0, 0.1) is 0 Å². The summed E-state index contributed by atoms with van der Waals surface area (Å²) in [5, 5.41) is 0. The molecule has 1 fully saturated rings. The molecule has 2 aromatic carbocycles. The van der Waals surface area contributed by atoms with Gasteiger partial charge in [-0.3, -0.25) is 19.4 Å². The molecule has 1 aliphatic rings. The van der Waals surface area contributed by atoms with Gasteiger partial charge in [-0.25, -0.2) is 4.79 Å². The van der Waals surface area contributed by atoms with Crippen LogP contribution < -0.4 is 0 Å². The summed E-state index contributed by atoms with van der Waals surface area (Å²) in [4.78, 5) is 39.8. The SMILES string of the molecule is O=C(c1ccc(CCl)cc1)N1CCN(C(=O)c2ccc(CCl)cc2)C1=O. The smallest absolute Gasteiger partial charge is 0.269 e. The highest BCUT2D eigenvalue weighted by atomic mass is 35.5. The van der Waals surface area contributed by atoms with Crippen molar-refractivity contribution >= 4 is 41.0 Å². The lowest BCUT2D eigenvalue weighted by atomic mass is 10.1. The molecule has 1 heterocycles. The maximum atomic E-state index is 12.6. The van der Waals surface area contributed by atoms with E-state index in [1.165, 1.54) is 0 Å². The number of hydrogen-bond acceptors (Lipinski definition) is 3. The van der Waals surface area contributed by atoms with Crippen molar-refractivity contribution in [3.63, 3.8) is 0 Å². The normalized spacial score (nSPS) is 14.0. The van der Waals surface area contributed by atoms with Gasteiger partial charge in [-0.05, 0) is 35.4 Å². The highest BCUT2D eigenvalue weighted by Gasteiger charge is 2.37. The summed E-state index contributed by atoms with van der Waals surface area (Å²) in [6.07, 6.45) is 0. The zero-order valence-corrected chi connectivity index (χ0v) is 15.3. The third-order valence-corrected chi connectivity index (χ3v) is 4.83. The van der Waals surface area contributed by atoms with E-state index in [1.54, 1.807) is 48.5 Å². The van der Waals surface area contributed by atoms with E-state index in [0.717, 1.165) is 20.9 Å². The van der Waals surface area contributed by atoms with E-state index in [9.17, 15) is 14.4 Å². The number of carbonyl (C=O) groups excluding carboxylic acids is 3. The van der Waals surface area contributed by atoms with Gasteiger partial charge in [-0.15, -0.1) is 23.2 Å². The molecular weight excluding hydrogens is 375 g/mol. The molecule has 0 atom stereocenters. The lowest BCUT2D eigenvalue weighted by molar-refractivity contribution is 0.0790. The average Bonchev–Trinajstić information content (AvgIpc) is 3.08. The Morgan fingerprint density at radius 2 is 1.08 bits per heavy atom. The average molecular weight is 391 g/mol. The van der Waals surface area contributed by atoms with E-state index >= 15 is 0 Å². The molecule has 0 aliphatic carbocycles. The summed E-state index contributed by atoms with van der Waals surface area (Å²) in [7, 11) is 0. The molecule has 1 aliphatic heterocycles. The molecule has 2 aromatic rings. The zero-order chi connectivity index (χ0) is 18.7. The minimum absolute atomic E-state index is 0.167. The van der Waals surface area contributed by atoms with Crippen LogP contribution in [-0.2, 0) is 11.8 Å². The van der Waals surface area contributed by atoms with Gasteiger partial charge in [-0.2, -0.15) is 0 Å². The molecule has 26 heavy (non-hydrogen) atoms. The molecule has 5 nitrogen and oxygen atoms in total. The number of imide groups is 2. The van der Waals surface area contributed by atoms with Gasteiger partial charge in [0.05, 0.1) is 0 Å². The summed E-state index contributed by atoms with van der Waals surface area (Å²) in [5.74, 6) is -0.156. The predicted octanol–water partition coefficient (Wildman–Crippen LogP) is 3.88. The zero-order valence-electron chi connectivity index (χ0n) is 13.8. The van der Waals surface area contributed by atoms with Crippen LogP contribution in [0.5, 0.6) is 0 Å². The first-order valence-electron chi connectivity index (χ1n) is 8.02.